The van der Waals surface area contributed by atoms with Crippen molar-refractivity contribution in [3.63, 3.8) is 0 Å². The molecule has 0 saturated carbocycles. The highest BCUT2D eigenvalue weighted by Gasteiger charge is 2.26. The van der Waals surface area contributed by atoms with E-state index in [1.165, 1.54) is 7.11 Å². The minimum Gasteiger partial charge on any atom is -0.490 e. The van der Waals surface area contributed by atoms with Crippen LogP contribution in [0.3, 0.4) is 0 Å². The average Bonchev–Trinajstić information content (AvgIpc) is 3.24. The Kier molecular flexibility index (Phi) is 5.61. The van der Waals surface area contributed by atoms with Crippen molar-refractivity contribution in [3.05, 3.63) is 53.0 Å². The van der Waals surface area contributed by atoms with Gasteiger partial charge in [-0.1, -0.05) is 0 Å². The number of aromatic nitrogens is 3. The number of pyridine rings is 1. The van der Waals surface area contributed by atoms with Gasteiger partial charge in [-0.15, -0.1) is 0 Å². The lowest BCUT2D eigenvalue weighted by Crippen LogP contribution is -2.46. The number of hydrogen-bond donors (Lipinski definition) is 0. The van der Waals surface area contributed by atoms with Crippen LogP contribution in [0.15, 0.2) is 42.9 Å². The van der Waals surface area contributed by atoms with E-state index in [1.807, 2.05) is 25.4 Å². The van der Waals surface area contributed by atoms with Gasteiger partial charge in [-0.2, -0.15) is 5.10 Å². The highest BCUT2D eigenvalue weighted by atomic mass is 16.6. The summed E-state index contributed by atoms with van der Waals surface area (Å²) < 4.78 is 12.2. The summed E-state index contributed by atoms with van der Waals surface area (Å²) in [5, 5.41) is 15.8. The van der Waals surface area contributed by atoms with Crippen LogP contribution in [-0.4, -0.2) is 60.1 Å². The highest BCUT2D eigenvalue weighted by molar-refractivity contribution is 5.83. The fourth-order valence-electron chi connectivity index (χ4n) is 3.83. The quantitative estimate of drug-likeness (QED) is 0.440. The van der Waals surface area contributed by atoms with E-state index in [0.717, 1.165) is 48.7 Å². The third kappa shape index (κ3) is 4.09. The predicted molar refractivity (Wildman–Crippen MR) is 117 cm³/mol. The van der Waals surface area contributed by atoms with Crippen LogP contribution in [0.1, 0.15) is 0 Å². The molecule has 10 heteroatoms. The fraction of sp³-hybridized carbons (Fsp3) is 0.333. The molecule has 0 atom stereocenters. The Bertz CT molecular complexity index is 1090. The van der Waals surface area contributed by atoms with Crippen LogP contribution in [0.4, 0.5) is 17.1 Å². The number of hydrogen-bond acceptors (Lipinski definition) is 8. The number of ether oxygens (including phenoxy) is 2. The smallest absolute Gasteiger partial charge is 0.311 e. The second-order valence-corrected chi connectivity index (χ2v) is 7.23. The number of nitro benzene ring substituents is 1. The second-order valence-electron chi connectivity index (χ2n) is 7.23. The molecular weight excluding hydrogens is 400 g/mol. The van der Waals surface area contributed by atoms with E-state index < -0.39 is 4.92 Å². The minimum atomic E-state index is -0.419. The Balaban J connectivity index is 1.65. The zero-order valence-corrected chi connectivity index (χ0v) is 17.7. The molecule has 1 fully saturated rings. The maximum atomic E-state index is 11.6. The van der Waals surface area contributed by atoms with Crippen molar-refractivity contribution >= 4 is 17.1 Å². The largest absolute Gasteiger partial charge is 0.490 e. The van der Waals surface area contributed by atoms with Gasteiger partial charge in [-0.3, -0.25) is 14.8 Å². The van der Waals surface area contributed by atoms with E-state index in [0.29, 0.717) is 5.88 Å². The van der Waals surface area contributed by atoms with Crippen LogP contribution in [0.25, 0.3) is 11.1 Å². The van der Waals surface area contributed by atoms with Crippen LogP contribution in [-0.2, 0) is 7.05 Å². The van der Waals surface area contributed by atoms with E-state index in [1.54, 1.807) is 36.3 Å². The van der Waals surface area contributed by atoms with Crippen LogP contribution >= 0.6 is 0 Å². The van der Waals surface area contributed by atoms with Gasteiger partial charge < -0.3 is 19.3 Å². The SMILES string of the molecule is COc1cc(N2CCN(c3cc(OC)c([N+](=O)[O-])cc3-c3cnn(C)c3)CC2)ccn1. The summed E-state index contributed by atoms with van der Waals surface area (Å²) in [5.74, 6) is 0.827. The van der Waals surface area contributed by atoms with Crippen molar-refractivity contribution in [1.29, 1.82) is 0 Å². The maximum Gasteiger partial charge on any atom is 0.311 e. The average molecular weight is 424 g/mol. The zero-order valence-electron chi connectivity index (χ0n) is 17.7. The maximum absolute atomic E-state index is 11.6. The molecule has 1 aliphatic heterocycles. The van der Waals surface area contributed by atoms with Gasteiger partial charge in [-0.05, 0) is 6.07 Å². The standard InChI is InChI=1S/C21H24N6O4/c1-24-14-15(13-23-24)17-11-19(27(28)29)20(30-2)12-18(17)26-8-6-25(7-9-26)16-4-5-22-21(10-16)31-3/h4-5,10-14H,6-9H2,1-3H3. The van der Waals surface area contributed by atoms with E-state index in [-0.39, 0.29) is 11.4 Å². The molecule has 10 nitrogen and oxygen atoms in total. The lowest BCUT2D eigenvalue weighted by molar-refractivity contribution is -0.385. The van der Waals surface area contributed by atoms with Gasteiger partial charge in [0, 0.05) is 86.3 Å². The summed E-state index contributed by atoms with van der Waals surface area (Å²) in [6.07, 6.45) is 5.31. The molecular formula is C21H24N6O4. The van der Waals surface area contributed by atoms with Gasteiger partial charge in [0.15, 0.2) is 5.75 Å². The van der Waals surface area contributed by atoms with Crippen LogP contribution < -0.4 is 19.3 Å². The number of piperazine rings is 1. The summed E-state index contributed by atoms with van der Waals surface area (Å²) in [5.41, 5.74) is 3.47. The number of anilines is 2. The molecule has 31 heavy (non-hydrogen) atoms. The Labute approximate surface area is 179 Å². The topological polar surface area (TPSA) is 98.8 Å². The molecule has 162 valence electrons. The number of methoxy groups -OCH3 is 2. The molecule has 0 spiro atoms. The zero-order chi connectivity index (χ0) is 22.0. The first-order valence-electron chi connectivity index (χ1n) is 9.85. The monoisotopic (exact) mass is 424 g/mol. The molecule has 3 aromatic rings. The summed E-state index contributed by atoms with van der Waals surface area (Å²) >= 11 is 0. The fourth-order valence-corrected chi connectivity index (χ4v) is 3.83. The molecule has 1 aliphatic rings. The number of nitrogens with zero attached hydrogens (tertiary/aromatic N) is 6. The van der Waals surface area contributed by atoms with Crippen molar-refractivity contribution in [2.45, 2.75) is 0 Å². The highest BCUT2D eigenvalue weighted by Crippen LogP contribution is 2.40. The lowest BCUT2D eigenvalue weighted by atomic mass is 10.0. The minimum absolute atomic E-state index is 0.0624. The first-order chi connectivity index (χ1) is 15.0. The Morgan fingerprint density at radius 1 is 1.06 bits per heavy atom. The molecule has 0 amide bonds. The molecule has 2 aromatic heterocycles. The summed E-state index contributed by atoms with van der Waals surface area (Å²) in [4.78, 5) is 19.8. The Morgan fingerprint density at radius 2 is 1.81 bits per heavy atom. The van der Waals surface area contributed by atoms with Gasteiger partial charge in [0.1, 0.15) is 0 Å². The molecule has 0 unspecified atom stereocenters. The summed E-state index contributed by atoms with van der Waals surface area (Å²) in [7, 11) is 4.87. The number of benzene rings is 1. The van der Waals surface area contributed by atoms with Gasteiger partial charge >= 0.3 is 5.69 Å². The first-order valence-corrected chi connectivity index (χ1v) is 9.85. The van der Waals surface area contributed by atoms with Crippen molar-refractivity contribution in [1.82, 2.24) is 14.8 Å². The molecule has 3 heterocycles. The molecule has 0 bridgehead atoms. The van der Waals surface area contributed by atoms with E-state index >= 15 is 0 Å². The summed E-state index contributed by atoms with van der Waals surface area (Å²) in [6, 6.07) is 7.22. The van der Waals surface area contributed by atoms with Crippen molar-refractivity contribution in [2.24, 2.45) is 7.05 Å². The second kappa shape index (κ2) is 8.50. The van der Waals surface area contributed by atoms with Gasteiger partial charge in [0.2, 0.25) is 5.88 Å². The van der Waals surface area contributed by atoms with E-state index in [9.17, 15) is 10.1 Å². The third-order valence-electron chi connectivity index (χ3n) is 5.42. The van der Waals surface area contributed by atoms with Crippen LogP contribution in [0, 0.1) is 10.1 Å². The molecule has 1 aromatic carbocycles. The van der Waals surface area contributed by atoms with Crippen molar-refractivity contribution < 1.29 is 14.4 Å². The van der Waals surface area contributed by atoms with E-state index in [4.69, 9.17) is 9.47 Å². The van der Waals surface area contributed by atoms with Crippen molar-refractivity contribution in [2.75, 3.05) is 50.2 Å². The third-order valence-corrected chi connectivity index (χ3v) is 5.42. The summed E-state index contributed by atoms with van der Waals surface area (Å²) in [6.45, 7) is 3.08. The van der Waals surface area contributed by atoms with Gasteiger partial charge in [0.05, 0.1) is 25.3 Å². The number of aryl methyl sites for hydroxylation is 1. The number of nitro groups is 1. The Hall–Kier alpha value is -3.82. The molecule has 4 rings (SSSR count). The first kappa shape index (κ1) is 20.5. The normalized spacial score (nSPS) is 13.9. The molecule has 0 aliphatic carbocycles. The molecule has 0 N–H and O–H groups in total. The van der Waals surface area contributed by atoms with Gasteiger partial charge in [0.25, 0.3) is 0 Å². The van der Waals surface area contributed by atoms with Crippen LogP contribution in [0.2, 0.25) is 0 Å². The van der Waals surface area contributed by atoms with Crippen LogP contribution in [0.5, 0.6) is 11.6 Å². The van der Waals surface area contributed by atoms with Gasteiger partial charge in [-0.25, -0.2) is 4.98 Å². The van der Waals surface area contributed by atoms with E-state index in [2.05, 4.69) is 19.9 Å². The van der Waals surface area contributed by atoms with Crippen molar-refractivity contribution in [3.8, 4) is 22.8 Å². The Morgan fingerprint density at radius 3 is 2.42 bits per heavy atom. The predicted octanol–water partition coefficient (Wildman–Crippen LogP) is 2.73. The molecule has 1 saturated heterocycles. The molecule has 0 radical (unpaired) electrons. The number of rotatable bonds is 6. The lowest BCUT2D eigenvalue weighted by Gasteiger charge is -2.38.